The van der Waals surface area contributed by atoms with Crippen LogP contribution in [0.25, 0.3) is 0 Å². The van der Waals surface area contributed by atoms with E-state index in [1.54, 1.807) is 0 Å². The Kier molecular flexibility index (Phi) is 3.04. The number of para-hydroxylation sites is 1. The lowest BCUT2D eigenvalue weighted by atomic mass is 9.87. The van der Waals surface area contributed by atoms with Crippen molar-refractivity contribution >= 4 is 11.6 Å². The van der Waals surface area contributed by atoms with Crippen molar-refractivity contribution in [2.75, 3.05) is 4.90 Å². The van der Waals surface area contributed by atoms with Gasteiger partial charge in [-0.05, 0) is 29.8 Å². The molecule has 22 heavy (non-hydrogen) atoms. The van der Waals surface area contributed by atoms with E-state index in [9.17, 15) is 4.79 Å². The van der Waals surface area contributed by atoms with E-state index in [2.05, 4.69) is 12.1 Å². The second-order valence-electron chi connectivity index (χ2n) is 5.47. The van der Waals surface area contributed by atoms with Crippen LogP contribution in [0.3, 0.4) is 0 Å². The predicted molar refractivity (Wildman–Crippen MR) is 86.6 cm³/mol. The number of rotatable bonds is 3. The Hall–Kier alpha value is -2.81. The number of carbonyl (C=O) groups excluding carboxylic acids is 1. The first-order valence-corrected chi connectivity index (χ1v) is 7.42. The Labute approximate surface area is 129 Å². The van der Waals surface area contributed by atoms with Crippen molar-refractivity contribution in [3.05, 3.63) is 90.8 Å². The third kappa shape index (κ3) is 1.94. The highest BCUT2D eigenvalue weighted by Gasteiger charge is 2.49. The van der Waals surface area contributed by atoms with Gasteiger partial charge in [-0.3, -0.25) is 4.79 Å². The molecule has 1 aliphatic heterocycles. The van der Waals surface area contributed by atoms with Gasteiger partial charge in [0.15, 0.2) is 0 Å². The second kappa shape index (κ2) is 5.19. The quantitative estimate of drug-likeness (QED) is 0.673. The van der Waals surface area contributed by atoms with Crippen LogP contribution >= 0.6 is 0 Å². The van der Waals surface area contributed by atoms with Crippen molar-refractivity contribution < 1.29 is 4.79 Å². The molecule has 0 spiro atoms. The average Bonchev–Trinajstić information content (AvgIpc) is 3.08. The fourth-order valence-electron chi connectivity index (χ4n) is 3.16. The van der Waals surface area contributed by atoms with Crippen LogP contribution in [-0.2, 0) is 4.79 Å². The summed E-state index contributed by atoms with van der Waals surface area (Å²) in [5.41, 5.74) is 2.11. The zero-order valence-electron chi connectivity index (χ0n) is 12.0. The summed E-state index contributed by atoms with van der Waals surface area (Å²) in [4.78, 5) is 14.6. The first-order valence-electron chi connectivity index (χ1n) is 7.42. The summed E-state index contributed by atoms with van der Waals surface area (Å²) in [7, 11) is 0. The summed E-state index contributed by atoms with van der Waals surface area (Å²) in [6.07, 6.45) is 3.92. The van der Waals surface area contributed by atoms with Crippen LogP contribution in [0.15, 0.2) is 85.2 Å². The number of aromatic nitrogens is 1. The molecule has 0 radical (unpaired) electrons. The summed E-state index contributed by atoms with van der Waals surface area (Å²) < 4.78 is 2.00. The van der Waals surface area contributed by atoms with Crippen LogP contribution in [-0.4, -0.2) is 10.5 Å². The zero-order valence-corrected chi connectivity index (χ0v) is 12.0. The Morgan fingerprint density at radius 1 is 0.682 bits per heavy atom. The van der Waals surface area contributed by atoms with E-state index in [4.69, 9.17) is 0 Å². The van der Waals surface area contributed by atoms with Crippen molar-refractivity contribution in [3.8, 4) is 0 Å². The number of anilines is 1. The number of carbonyl (C=O) groups is 1. The molecule has 0 aliphatic carbocycles. The lowest BCUT2D eigenvalue weighted by Crippen LogP contribution is -2.55. The lowest BCUT2D eigenvalue weighted by molar-refractivity contribution is -0.129. The van der Waals surface area contributed by atoms with Gasteiger partial charge in [0.05, 0.1) is 6.04 Å². The molecule has 3 nitrogen and oxygen atoms in total. The topological polar surface area (TPSA) is 25.2 Å². The molecule has 1 saturated heterocycles. The highest BCUT2D eigenvalue weighted by atomic mass is 16.2. The normalized spacial score (nSPS) is 20.7. The van der Waals surface area contributed by atoms with Crippen LogP contribution in [0.2, 0.25) is 0 Å². The van der Waals surface area contributed by atoms with Gasteiger partial charge < -0.3 is 9.47 Å². The van der Waals surface area contributed by atoms with Crippen LogP contribution in [0.1, 0.15) is 17.6 Å². The number of benzene rings is 2. The van der Waals surface area contributed by atoms with E-state index in [0.717, 1.165) is 11.3 Å². The number of hydrogen-bond acceptors (Lipinski definition) is 1. The Morgan fingerprint density at radius 3 is 1.91 bits per heavy atom. The smallest absolute Gasteiger partial charge is 0.253 e. The first kappa shape index (κ1) is 12.9. The van der Waals surface area contributed by atoms with Crippen LogP contribution in [0, 0.1) is 0 Å². The SMILES string of the molecule is O=C1[C@@H](n2cccc2)[C@H](c2ccccc2)N1c1ccccc1. The molecule has 3 heteroatoms. The minimum atomic E-state index is -0.169. The largest absolute Gasteiger partial charge is 0.340 e. The molecule has 2 atom stereocenters. The summed E-state index contributed by atoms with van der Waals surface area (Å²) in [5, 5.41) is 0. The second-order valence-corrected chi connectivity index (χ2v) is 5.47. The fourth-order valence-corrected chi connectivity index (χ4v) is 3.16. The molecule has 108 valence electrons. The molecular weight excluding hydrogens is 272 g/mol. The molecule has 1 aromatic heterocycles. The first-order chi connectivity index (χ1) is 10.9. The number of β-lactam (4-membered cyclic amide) rings is 1. The van der Waals surface area contributed by atoms with Crippen molar-refractivity contribution in [2.45, 2.75) is 12.1 Å². The molecule has 2 aromatic carbocycles. The minimum absolute atomic E-state index is 0.0310. The van der Waals surface area contributed by atoms with Crippen LogP contribution in [0.5, 0.6) is 0 Å². The van der Waals surface area contributed by atoms with E-state index < -0.39 is 0 Å². The van der Waals surface area contributed by atoms with Gasteiger partial charge in [0.2, 0.25) is 0 Å². The van der Waals surface area contributed by atoms with E-state index in [-0.39, 0.29) is 18.0 Å². The van der Waals surface area contributed by atoms with E-state index in [0.29, 0.717) is 0 Å². The third-order valence-electron chi connectivity index (χ3n) is 4.19. The van der Waals surface area contributed by atoms with Crippen molar-refractivity contribution in [1.82, 2.24) is 4.57 Å². The summed E-state index contributed by atoms with van der Waals surface area (Å²) in [6, 6.07) is 23.9. The molecular formula is C19H16N2O. The van der Waals surface area contributed by atoms with Crippen LogP contribution < -0.4 is 4.90 Å². The molecule has 1 aliphatic rings. The van der Waals surface area contributed by atoms with E-state index >= 15 is 0 Å². The number of hydrogen-bond donors (Lipinski definition) is 0. The van der Waals surface area contributed by atoms with Crippen molar-refractivity contribution in [2.24, 2.45) is 0 Å². The predicted octanol–water partition coefficient (Wildman–Crippen LogP) is 3.82. The summed E-state index contributed by atoms with van der Waals surface area (Å²) in [5.74, 6) is 0.135. The molecule has 0 unspecified atom stereocenters. The maximum Gasteiger partial charge on any atom is 0.253 e. The molecule has 1 fully saturated rings. The molecule has 4 rings (SSSR count). The average molecular weight is 288 g/mol. The van der Waals surface area contributed by atoms with Gasteiger partial charge in [0.25, 0.3) is 5.91 Å². The highest BCUT2D eigenvalue weighted by molar-refractivity contribution is 6.04. The molecule has 1 amide bonds. The fraction of sp³-hybridized carbons (Fsp3) is 0.105. The van der Waals surface area contributed by atoms with Gasteiger partial charge in [-0.15, -0.1) is 0 Å². The maximum absolute atomic E-state index is 12.7. The Morgan fingerprint density at radius 2 is 1.27 bits per heavy atom. The van der Waals surface area contributed by atoms with Gasteiger partial charge >= 0.3 is 0 Å². The van der Waals surface area contributed by atoms with Gasteiger partial charge in [0.1, 0.15) is 6.04 Å². The number of nitrogens with zero attached hydrogens (tertiary/aromatic N) is 2. The molecule has 3 aromatic rings. The van der Waals surface area contributed by atoms with Gasteiger partial charge in [0, 0.05) is 18.1 Å². The van der Waals surface area contributed by atoms with Gasteiger partial charge in [-0.2, -0.15) is 0 Å². The van der Waals surface area contributed by atoms with Gasteiger partial charge in [-0.25, -0.2) is 0 Å². The van der Waals surface area contributed by atoms with E-state index in [1.807, 2.05) is 82.5 Å². The molecule has 0 N–H and O–H groups in total. The highest BCUT2D eigenvalue weighted by Crippen LogP contribution is 2.46. The summed E-state index contributed by atoms with van der Waals surface area (Å²) >= 11 is 0. The van der Waals surface area contributed by atoms with E-state index in [1.165, 1.54) is 0 Å². The number of amides is 1. The molecule has 0 bridgehead atoms. The van der Waals surface area contributed by atoms with Crippen LogP contribution in [0.4, 0.5) is 5.69 Å². The molecule has 0 saturated carbocycles. The Balaban J connectivity index is 1.78. The lowest BCUT2D eigenvalue weighted by Gasteiger charge is -2.47. The third-order valence-corrected chi connectivity index (χ3v) is 4.19. The monoisotopic (exact) mass is 288 g/mol. The standard InChI is InChI=1S/C19H16N2O/c22-19-18(20-13-7-8-14-20)17(15-9-3-1-4-10-15)21(19)16-11-5-2-6-12-16/h1-14,17-18H/t17-,18-/m0/s1. The Bertz CT molecular complexity index is 766. The maximum atomic E-state index is 12.7. The summed E-state index contributed by atoms with van der Waals surface area (Å²) in [6.45, 7) is 0. The minimum Gasteiger partial charge on any atom is -0.340 e. The zero-order chi connectivity index (χ0) is 14.9. The van der Waals surface area contributed by atoms with Crippen molar-refractivity contribution in [1.29, 1.82) is 0 Å². The van der Waals surface area contributed by atoms with Crippen molar-refractivity contribution in [3.63, 3.8) is 0 Å². The van der Waals surface area contributed by atoms with Gasteiger partial charge in [-0.1, -0.05) is 48.5 Å². The molecule has 2 heterocycles.